The van der Waals surface area contributed by atoms with E-state index in [4.69, 9.17) is 0 Å². The molecule has 1 fully saturated rings. The molecular formula is C9H19NO2S. The van der Waals surface area contributed by atoms with Gasteiger partial charge in [-0.15, -0.1) is 0 Å². The lowest BCUT2D eigenvalue weighted by atomic mass is 9.89. The second-order valence-electron chi connectivity index (χ2n) is 4.27. The van der Waals surface area contributed by atoms with Crippen molar-refractivity contribution in [3.05, 3.63) is 0 Å². The summed E-state index contributed by atoms with van der Waals surface area (Å²) in [5.74, 6) is 1.13. The predicted octanol–water partition coefficient (Wildman–Crippen LogP) is 1.31. The molecule has 0 radical (unpaired) electrons. The Balaban J connectivity index is 2.62. The van der Waals surface area contributed by atoms with Gasteiger partial charge in [-0.2, -0.15) is 0 Å². The molecule has 0 aromatic rings. The highest BCUT2D eigenvalue weighted by Gasteiger charge is 2.27. The van der Waals surface area contributed by atoms with Crippen LogP contribution in [-0.2, 0) is 10.0 Å². The maximum absolute atomic E-state index is 11.3. The molecule has 0 N–H and O–H groups in total. The minimum Gasteiger partial charge on any atom is -0.213 e. The highest BCUT2D eigenvalue weighted by molar-refractivity contribution is 7.88. The van der Waals surface area contributed by atoms with E-state index in [1.165, 1.54) is 12.7 Å². The number of hydrogen-bond donors (Lipinski definition) is 0. The normalized spacial score (nSPS) is 26.6. The summed E-state index contributed by atoms with van der Waals surface area (Å²) in [6.07, 6.45) is 3.48. The van der Waals surface area contributed by atoms with E-state index in [0.29, 0.717) is 18.4 Å². The largest absolute Gasteiger partial charge is 0.213 e. The molecule has 1 saturated heterocycles. The van der Waals surface area contributed by atoms with Crippen molar-refractivity contribution in [3.63, 3.8) is 0 Å². The first-order chi connectivity index (χ1) is 5.91. The van der Waals surface area contributed by atoms with Crippen molar-refractivity contribution in [1.29, 1.82) is 0 Å². The molecule has 1 aliphatic heterocycles. The summed E-state index contributed by atoms with van der Waals surface area (Å²) in [4.78, 5) is 0. The van der Waals surface area contributed by atoms with E-state index < -0.39 is 10.0 Å². The Kier molecular flexibility index (Phi) is 3.35. The van der Waals surface area contributed by atoms with E-state index in [0.717, 1.165) is 13.0 Å². The van der Waals surface area contributed by atoms with Crippen molar-refractivity contribution in [2.45, 2.75) is 26.7 Å². The van der Waals surface area contributed by atoms with Gasteiger partial charge in [0.1, 0.15) is 0 Å². The Bertz CT molecular complexity index is 259. The fraction of sp³-hybridized carbons (Fsp3) is 1.00. The van der Waals surface area contributed by atoms with Crippen LogP contribution in [-0.4, -0.2) is 32.1 Å². The first-order valence-corrected chi connectivity index (χ1v) is 6.71. The first kappa shape index (κ1) is 11.0. The van der Waals surface area contributed by atoms with Crippen LogP contribution in [0.1, 0.15) is 26.7 Å². The second kappa shape index (κ2) is 3.96. The molecule has 4 heteroatoms. The van der Waals surface area contributed by atoms with Crippen molar-refractivity contribution in [2.75, 3.05) is 19.3 Å². The minimum absolute atomic E-state index is 0.545. The molecule has 0 amide bonds. The Labute approximate surface area is 81.2 Å². The van der Waals surface area contributed by atoms with Gasteiger partial charge in [0.15, 0.2) is 0 Å². The van der Waals surface area contributed by atoms with Gasteiger partial charge in [-0.05, 0) is 24.7 Å². The maximum atomic E-state index is 11.3. The van der Waals surface area contributed by atoms with Crippen molar-refractivity contribution in [2.24, 2.45) is 11.8 Å². The van der Waals surface area contributed by atoms with Gasteiger partial charge >= 0.3 is 0 Å². The SMILES string of the molecule is CC(C)[C@H]1CCCN(S(C)(=O)=O)C1. The van der Waals surface area contributed by atoms with Crippen LogP contribution in [0.15, 0.2) is 0 Å². The van der Waals surface area contributed by atoms with E-state index in [2.05, 4.69) is 13.8 Å². The smallest absolute Gasteiger partial charge is 0.211 e. The van der Waals surface area contributed by atoms with Gasteiger partial charge in [0, 0.05) is 13.1 Å². The van der Waals surface area contributed by atoms with Crippen molar-refractivity contribution >= 4 is 10.0 Å². The lowest BCUT2D eigenvalue weighted by Crippen LogP contribution is -2.40. The van der Waals surface area contributed by atoms with Gasteiger partial charge in [-0.1, -0.05) is 13.8 Å². The average molecular weight is 205 g/mol. The predicted molar refractivity (Wildman–Crippen MR) is 54.0 cm³/mol. The van der Waals surface area contributed by atoms with Crippen molar-refractivity contribution in [3.8, 4) is 0 Å². The van der Waals surface area contributed by atoms with Crippen LogP contribution in [0.25, 0.3) is 0 Å². The monoisotopic (exact) mass is 205 g/mol. The molecule has 1 heterocycles. The summed E-state index contributed by atoms with van der Waals surface area (Å²) < 4.78 is 24.2. The summed E-state index contributed by atoms with van der Waals surface area (Å²) >= 11 is 0. The highest BCUT2D eigenvalue weighted by atomic mass is 32.2. The third-order valence-electron chi connectivity index (χ3n) is 2.83. The molecule has 0 aromatic heterocycles. The van der Waals surface area contributed by atoms with Gasteiger partial charge in [0.05, 0.1) is 6.26 Å². The van der Waals surface area contributed by atoms with Crippen LogP contribution in [0.4, 0.5) is 0 Å². The number of hydrogen-bond acceptors (Lipinski definition) is 2. The summed E-state index contributed by atoms with van der Waals surface area (Å²) in [7, 11) is -2.96. The molecule has 3 nitrogen and oxygen atoms in total. The van der Waals surface area contributed by atoms with Gasteiger partial charge < -0.3 is 0 Å². The van der Waals surface area contributed by atoms with Gasteiger partial charge in [0.2, 0.25) is 10.0 Å². The fourth-order valence-electron chi connectivity index (χ4n) is 1.82. The quantitative estimate of drug-likeness (QED) is 0.681. The topological polar surface area (TPSA) is 37.4 Å². The van der Waals surface area contributed by atoms with Crippen LogP contribution in [0.3, 0.4) is 0 Å². The molecule has 0 aliphatic carbocycles. The lowest BCUT2D eigenvalue weighted by Gasteiger charge is -2.32. The van der Waals surface area contributed by atoms with Gasteiger partial charge in [0.25, 0.3) is 0 Å². The lowest BCUT2D eigenvalue weighted by molar-refractivity contribution is 0.220. The number of piperidine rings is 1. The molecule has 0 saturated carbocycles. The minimum atomic E-state index is -2.96. The zero-order chi connectivity index (χ0) is 10.1. The Morgan fingerprint density at radius 2 is 2.00 bits per heavy atom. The van der Waals surface area contributed by atoms with E-state index in [-0.39, 0.29) is 0 Å². The number of sulfonamides is 1. The molecule has 0 aromatic carbocycles. The Hall–Kier alpha value is -0.0900. The molecule has 1 rings (SSSR count). The van der Waals surface area contributed by atoms with E-state index >= 15 is 0 Å². The molecule has 13 heavy (non-hydrogen) atoms. The summed E-state index contributed by atoms with van der Waals surface area (Å²) in [5.41, 5.74) is 0. The first-order valence-electron chi connectivity index (χ1n) is 4.86. The van der Waals surface area contributed by atoms with Crippen LogP contribution in [0.5, 0.6) is 0 Å². The Morgan fingerprint density at radius 1 is 1.38 bits per heavy atom. The zero-order valence-electron chi connectivity index (χ0n) is 8.66. The van der Waals surface area contributed by atoms with Crippen molar-refractivity contribution < 1.29 is 8.42 Å². The Morgan fingerprint density at radius 3 is 2.46 bits per heavy atom. The molecule has 1 aliphatic rings. The average Bonchev–Trinajstić information content (AvgIpc) is 2.03. The van der Waals surface area contributed by atoms with Crippen molar-refractivity contribution in [1.82, 2.24) is 4.31 Å². The third kappa shape index (κ3) is 2.95. The maximum Gasteiger partial charge on any atom is 0.211 e. The zero-order valence-corrected chi connectivity index (χ0v) is 9.47. The van der Waals surface area contributed by atoms with Crippen LogP contribution in [0.2, 0.25) is 0 Å². The number of rotatable bonds is 2. The molecule has 78 valence electrons. The standard InChI is InChI=1S/C9H19NO2S/c1-8(2)9-5-4-6-10(7-9)13(3,11)12/h8-9H,4-7H2,1-3H3/t9-/m0/s1. The summed E-state index contributed by atoms with van der Waals surface area (Å²) in [5, 5.41) is 0. The van der Waals surface area contributed by atoms with E-state index in [1.807, 2.05) is 0 Å². The van der Waals surface area contributed by atoms with E-state index in [1.54, 1.807) is 4.31 Å². The fourth-order valence-corrected chi connectivity index (χ4v) is 2.74. The molecule has 1 atom stereocenters. The third-order valence-corrected chi connectivity index (χ3v) is 4.10. The van der Waals surface area contributed by atoms with Crippen LogP contribution >= 0.6 is 0 Å². The van der Waals surface area contributed by atoms with E-state index in [9.17, 15) is 8.42 Å². The molecule has 0 bridgehead atoms. The molecule has 0 spiro atoms. The summed E-state index contributed by atoms with van der Waals surface area (Å²) in [6, 6.07) is 0. The second-order valence-corrected chi connectivity index (χ2v) is 6.25. The summed E-state index contributed by atoms with van der Waals surface area (Å²) in [6.45, 7) is 5.76. The van der Waals surface area contributed by atoms with Gasteiger partial charge in [-0.3, -0.25) is 0 Å². The van der Waals surface area contributed by atoms with Crippen LogP contribution < -0.4 is 0 Å². The molecular weight excluding hydrogens is 186 g/mol. The number of nitrogens with zero attached hydrogens (tertiary/aromatic N) is 1. The van der Waals surface area contributed by atoms with Crippen LogP contribution in [0, 0.1) is 11.8 Å². The van der Waals surface area contributed by atoms with Gasteiger partial charge in [-0.25, -0.2) is 12.7 Å². The highest BCUT2D eigenvalue weighted by Crippen LogP contribution is 2.24. The molecule has 0 unspecified atom stereocenters.